The third-order valence-corrected chi connectivity index (χ3v) is 5.14. The van der Waals surface area contributed by atoms with Crippen LogP contribution in [0, 0.1) is 17.1 Å². The molecule has 20 heavy (non-hydrogen) atoms. The lowest BCUT2D eigenvalue weighted by atomic mass is 9.92. The standard InChI is InChI=1S/C13H15FN2O3S/c1-2-5-13(17)8-16(9-13)20(18,19)11-3-4-12(14)10(6-11)7-15/h3-4,6,17H,2,5,8-9H2,1H3. The van der Waals surface area contributed by atoms with E-state index in [4.69, 9.17) is 5.26 Å². The molecule has 0 aliphatic carbocycles. The lowest BCUT2D eigenvalue weighted by Gasteiger charge is -2.45. The summed E-state index contributed by atoms with van der Waals surface area (Å²) in [6.07, 6.45) is 1.30. The molecule has 1 fully saturated rings. The second-order valence-corrected chi connectivity index (χ2v) is 6.94. The number of rotatable bonds is 4. The van der Waals surface area contributed by atoms with Gasteiger partial charge in [0.1, 0.15) is 11.9 Å². The molecule has 2 rings (SSSR count). The predicted octanol–water partition coefficient (Wildman–Crippen LogP) is 1.23. The van der Waals surface area contributed by atoms with Crippen molar-refractivity contribution in [1.82, 2.24) is 4.31 Å². The van der Waals surface area contributed by atoms with Crippen LogP contribution in [0.25, 0.3) is 0 Å². The Labute approximate surface area is 117 Å². The van der Waals surface area contributed by atoms with Crippen LogP contribution in [0.4, 0.5) is 4.39 Å². The van der Waals surface area contributed by atoms with Crippen LogP contribution in [-0.2, 0) is 10.0 Å². The SMILES string of the molecule is CCCC1(O)CN(S(=O)(=O)c2ccc(F)c(C#N)c2)C1. The number of halogens is 1. The van der Waals surface area contributed by atoms with Crippen molar-refractivity contribution >= 4 is 10.0 Å². The van der Waals surface area contributed by atoms with Crippen molar-refractivity contribution in [3.8, 4) is 6.07 Å². The first kappa shape index (κ1) is 14.9. The van der Waals surface area contributed by atoms with Crippen molar-refractivity contribution in [3.63, 3.8) is 0 Å². The minimum Gasteiger partial charge on any atom is -0.387 e. The zero-order valence-electron chi connectivity index (χ0n) is 11.0. The Morgan fingerprint density at radius 3 is 2.70 bits per heavy atom. The number of aliphatic hydroxyl groups is 1. The Hall–Kier alpha value is -1.49. The molecule has 1 saturated heterocycles. The summed E-state index contributed by atoms with van der Waals surface area (Å²) < 4.78 is 38.9. The van der Waals surface area contributed by atoms with Crippen LogP contribution in [0.15, 0.2) is 23.1 Å². The molecule has 0 spiro atoms. The quantitative estimate of drug-likeness (QED) is 0.906. The Morgan fingerprint density at radius 2 is 2.15 bits per heavy atom. The topological polar surface area (TPSA) is 81.4 Å². The molecule has 0 radical (unpaired) electrons. The largest absolute Gasteiger partial charge is 0.387 e. The van der Waals surface area contributed by atoms with Gasteiger partial charge in [0, 0.05) is 13.1 Å². The van der Waals surface area contributed by atoms with Gasteiger partial charge in [-0.2, -0.15) is 9.57 Å². The second kappa shape index (κ2) is 5.13. The number of hydrogen-bond acceptors (Lipinski definition) is 4. The molecule has 1 N–H and O–H groups in total. The molecule has 0 saturated carbocycles. The van der Waals surface area contributed by atoms with Crippen LogP contribution < -0.4 is 0 Å². The highest BCUT2D eigenvalue weighted by molar-refractivity contribution is 7.89. The maximum atomic E-state index is 13.2. The van der Waals surface area contributed by atoms with Gasteiger partial charge in [0.25, 0.3) is 0 Å². The molecule has 7 heteroatoms. The molecular weight excluding hydrogens is 283 g/mol. The zero-order chi connectivity index (χ0) is 15.0. The Balaban J connectivity index is 2.23. The van der Waals surface area contributed by atoms with Crippen molar-refractivity contribution in [3.05, 3.63) is 29.6 Å². The summed E-state index contributed by atoms with van der Waals surface area (Å²) in [5, 5.41) is 18.8. The van der Waals surface area contributed by atoms with Crippen LogP contribution in [0.2, 0.25) is 0 Å². The van der Waals surface area contributed by atoms with E-state index in [-0.39, 0.29) is 23.5 Å². The van der Waals surface area contributed by atoms with Crippen molar-refractivity contribution in [1.29, 1.82) is 5.26 Å². The maximum Gasteiger partial charge on any atom is 0.243 e. The number of hydrogen-bond donors (Lipinski definition) is 1. The first-order valence-corrected chi connectivity index (χ1v) is 7.68. The first-order valence-electron chi connectivity index (χ1n) is 6.24. The van der Waals surface area contributed by atoms with Crippen molar-refractivity contribution < 1.29 is 17.9 Å². The molecule has 0 atom stereocenters. The minimum absolute atomic E-state index is 0.0302. The summed E-state index contributed by atoms with van der Waals surface area (Å²) in [7, 11) is -3.79. The smallest absolute Gasteiger partial charge is 0.243 e. The van der Waals surface area contributed by atoms with Gasteiger partial charge in [0.2, 0.25) is 10.0 Å². The third-order valence-electron chi connectivity index (χ3n) is 3.35. The number of β-amino-alcohol motifs (C(OH)–C–C–N with tert-alkyl or cyclic N) is 1. The van der Waals surface area contributed by atoms with E-state index in [1.54, 1.807) is 6.07 Å². The highest BCUT2D eigenvalue weighted by Gasteiger charge is 2.46. The Morgan fingerprint density at radius 1 is 1.50 bits per heavy atom. The van der Waals surface area contributed by atoms with Crippen LogP contribution in [0.1, 0.15) is 25.3 Å². The lowest BCUT2D eigenvalue weighted by Crippen LogP contribution is -2.63. The summed E-state index contributed by atoms with van der Waals surface area (Å²) in [5.41, 5.74) is -1.28. The minimum atomic E-state index is -3.79. The number of nitriles is 1. The van der Waals surface area contributed by atoms with E-state index in [0.717, 1.165) is 28.9 Å². The van der Waals surface area contributed by atoms with Gasteiger partial charge in [-0.25, -0.2) is 12.8 Å². The maximum absolute atomic E-state index is 13.2. The van der Waals surface area contributed by atoms with Gasteiger partial charge in [-0.05, 0) is 24.6 Å². The van der Waals surface area contributed by atoms with E-state index in [9.17, 15) is 17.9 Å². The molecule has 0 aromatic heterocycles. The van der Waals surface area contributed by atoms with Crippen LogP contribution in [-0.4, -0.2) is 36.5 Å². The molecule has 1 aromatic rings. The first-order chi connectivity index (χ1) is 9.32. The average molecular weight is 298 g/mol. The third kappa shape index (κ3) is 2.54. The van der Waals surface area contributed by atoms with Gasteiger partial charge >= 0.3 is 0 Å². The Bertz CT molecular complexity index is 661. The van der Waals surface area contributed by atoms with E-state index in [1.807, 2.05) is 6.92 Å². The van der Waals surface area contributed by atoms with Crippen LogP contribution in [0.3, 0.4) is 0 Å². The molecular formula is C13H15FN2O3S. The average Bonchev–Trinajstić information content (AvgIpc) is 2.36. The summed E-state index contributed by atoms with van der Waals surface area (Å²) in [6, 6.07) is 4.72. The van der Waals surface area contributed by atoms with Gasteiger partial charge in [-0.3, -0.25) is 0 Å². The summed E-state index contributed by atoms with van der Waals surface area (Å²) in [6.45, 7) is 1.97. The highest BCUT2D eigenvalue weighted by Crippen LogP contribution is 2.31. The number of benzene rings is 1. The molecule has 0 amide bonds. The molecule has 108 valence electrons. The summed E-state index contributed by atoms with van der Waals surface area (Å²) >= 11 is 0. The summed E-state index contributed by atoms with van der Waals surface area (Å²) in [4.78, 5) is -0.131. The predicted molar refractivity (Wildman–Crippen MR) is 69.7 cm³/mol. The zero-order valence-corrected chi connectivity index (χ0v) is 11.8. The molecule has 1 aliphatic rings. The van der Waals surface area contributed by atoms with E-state index in [2.05, 4.69) is 0 Å². The normalized spacial score (nSPS) is 18.3. The van der Waals surface area contributed by atoms with Gasteiger partial charge < -0.3 is 5.11 Å². The fraction of sp³-hybridized carbons (Fsp3) is 0.462. The van der Waals surface area contributed by atoms with Gasteiger partial charge in [0.15, 0.2) is 0 Å². The van der Waals surface area contributed by atoms with Gasteiger partial charge in [0.05, 0.1) is 16.1 Å². The monoisotopic (exact) mass is 298 g/mol. The fourth-order valence-corrected chi connectivity index (χ4v) is 3.93. The van der Waals surface area contributed by atoms with E-state index < -0.39 is 21.4 Å². The molecule has 5 nitrogen and oxygen atoms in total. The van der Waals surface area contributed by atoms with Crippen molar-refractivity contribution in [2.24, 2.45) is 0 Å². The van der Waals surface area contributed by atoms with Crippen LogP contribution >= 0.6 is 0 Å². The highest BCUT2D eigenvalue weighted by atomic mass is 32.2. The number of sulfonamides is 1. The molecule has 1 heterocycles. The summed E-state index contributed by atoms with van der Waals surface area (Å²) in [5.74, 6) is -0.752. The number of nitrogens with zero attached hydrogens (tertiary/aromatic N) is 2. The molecule has 1 aromatic carbocycles. The molecule has 0 unspecified atom stereocenters. The van der Waals surface area contributed by atoms with Gasteiger partial charge in [-0.15, -0.1) is 0 Å². The van der Waals surface area contributed by atoms with E-state index >= 15 is 0 Å². The molecule has 0 bridgehead atoms. The second-order valence-electron chi connectivity index (χ2n) is 5.00. The lowest BCUT2D eigenvalue weighted by molar-refractivity contribution is -0.0653. The van der Waals surface area contributed by atoms with Gasteiger partial charge in [-0.1, -0.05) is 13.3 Å². The fourth-order valence-electron chi connectivity index (χ4n) is 2.30. The van der Waals surface area contributed by atoms with Crippen molar-refractivity contribution in [2.75, 3.05) is 13.1 Å². The van der Waals surface area contributed by atoms with Crippen molar-refractivity contribution in [2.45, 2.75) is 30.3 Å². The van der Waals surface area contributed by atoms with Crippen LogP contribution in [0.5, 0.6) is 0 Å². The van der Waals surface area contributed by atoms with E-state index in [0.29, 0.717) is 6.42 Å². The van der Waals surface area contributed by atoms with E-state index in [1.165, 1.54) is 0 Å². The Kier molecular flexibility index (Phi) is 3.82. The molecule has 1 aliphatic heterocycles.